The van der Waals surface area contributed by atoms with E-state index in [0.717, 1.165) is 52.9 Å². The molecule has 1 aliphatic carbocycles. The predicted molar refractivity (Wildman–Crippen MR) is 159 cm³/mol. The Balaban J connectivity index is 1.59. The van der Waals surface area contributed by atoms with Crippen LogP contribution in [0.4, 0.5) is 0 Å². The maximum Gasteiger partial charge on any atom is 0.0895 e. The normalized spacial score (nSPS) is 22.2. The summed E-state index contributed by atoms with van der Waals surface area (Å²) in [5, 5.41) is 0.687. The predicted octanol–water partition coefficient (Wildman–Crippen LogP) is 8.44. The molecule has 5 unspecified atom stereocenters. The Kier molecular flexibility index (Phi) is 9.23. The van der Waals surface area contributed by atoms with E-state index in [-0.39, 0.29) is 0 Å². The number of benzene rings is 2. The molecule has 4 rings (SSSR count). The molecule has 0 bridgehead atoms. The number of aromatic nitrogens is 1. The van der Waals surface area contributed by atoms with Crippen LogP contribution in [-0.2, 0) is 0 Å². The van der Waals surface area contributed by atoms with Gasteiger partial charge in [0.1, 0.15) is 0 Å². The first-order valence-corrected chi connectivity index (χ1v) is 14.1. The van der Waals surface area contributed by atoms with Crippen LogP contribution >= 0.6 is 11.6 Å². The number of allylic oxidation sites excluding steroid dienone is 1. The van der Waals surface area contributed by atoms with Gasteiger partial charge < -0.3 is 0 Å². The highest BCUT2D eigenvalue weighted by atomic mass is 35.5. The summed E-state index contributed by atoms with van der Waals surface area (Å²) in [5.74, 6) is 3.32. The van der Waals surface area contributed by atoms with Crippen LogP contribution < -0.4 is 10.9 Å². The lowest BCUT2D eigenvalue weighted by Crippen LogP contribution is -2.37. The van der Waals surface area contributed by atoms with Gasteiger partial charge in [-0.05, 0) is 84.7 Å². The fourth-order valence-corrected chi connectivity index (χ4v) is 6.99. The van der Waals surface area contributed by atoms with E-state index in [4.69, 9.17) is 16.6 Å². The zero-order chi connectivity index (χ0) is 26.5. The van der Waals surface area contributed by atoms with E-state index in [0.29, 0.717) is 22.8 Å². The summed E-state index contributed by atoms with van der Waals surface area (Å²) in [6.45, 7) is 14.8. The second-order valence-corrected chi connectivity index (χ2v) is 11.4. The number of hydrogen-bond donors (Lipinski definition) is 2. The number of hydrazine groups is 1. The first-order chi connectivity index (χ1) is 17.8. The summed E-state index contributed by atoms with van der Waals surface area (Å²) in [6.07, 6.45) is 3.51. The molecule has 0 radical (unpaired) electrons. The van der Waals surface area contributed by atoms with E-state index in [9.17, 15) is 0 Å². The lowest BCUT2D eigenvalue weighted by Gasteiger charge is -2.32. The summed E-state index contributed by atoms with van der Waals surface area (Å²) in [7, 11) is 1.95. The molecule has 1 aliphatic rings. The van der Waals surface area contributed by atoms with Crippen LogP contribution in [0.2, 0.25) is 5.02 Å². The molecule has 0 spiro atoms. The summed E-state index contributed by atoms with van der Waals surface area (Å²) in [5.41, 5.74) is 13.9. The van der Waals surface area contributed by atoms with Crippen molar-refractivity contribution >= 4 is 17.2 Å². The van der Waals surface area contributed by atoms with Crippen LogP contribution in [0.5, 0.6) is 0 Å². The van der Waals surface area contributed by atoms with Gasteiger partial charge in [0.15, 0.2) is 0 Å². The Morgan fingerprint density at radius 1 is 1.08 bits per heavy atom. The molecule has 3 nitrogen and oxygen atoms in total. The van der Waals surface area contributed by atoms with Gasteiger partial charge in [0, 0.05) is 12.1 Å². The Labute approximate surface area is 228 Å². The second-order valence-electron chi connectivity index (χ2n) is 11.0. The maximum atomic E-state index is 6.74. The molecule has 2 N–H and O–H groups in total. The molecule has 0 saturated heterocycles. The van der Waals surface area contributed by atoms with Gasteiger partial charge in [-0.1, -0.05) is 100.0 Å². The molecule has 5 atom stereocenters. The Hall–Kier alpha value is -2.46. The van der Waals surface area contributed by atoms with Crippen LogP contribution in [0.3, 0.4) is 0 Å². The average Bonchev–Trinajstić information content (AvgIpc) is 3.22. The van der Waals surface area contributed by atoms with Crippen molar-refractivity contribution in [2.24, 2.45) is 29.6 Å². The largest absolute Gasteiger partial charge is 0.261 e. The minimum atomic E-state index is 0.592. The van der Waals surface area contributed by atoms with Crippen LogP contribution in [0.15, 0.2) is 67.2 Å². The molecule has 0 amide bonds. The summed E-state index contributed by atoms with van der Waals surface area (Å²) < 4.78 is 0. The zero-order valence-corrected chi connectivity index (χ0v) is 23.8. The first-order valence-electron chi connectivity index (χ1n) is 13.7. The molecule has 0 aliphatic heterocycles. The number of nitrogens with one attached hydrogen (secondary N) is 2. The van der Waals surface area contributed by atoms with Crippen LogP contribution in [0.25, 0.3) is 28.0 Å². The third-order valence-corrected chi connectivity index (χ3v) is 8.75. The Bertz CT molecular complexity index is 1190. The standard InChI is InChI=1S/C33H42ClN3/c1-7-25-17-21(2)31(24(5)20-36-35-6)29(25)18-22(3)32-23(4)19-30(34)33(37-32)28-15-13-27(14-16-28)26-11-9-8-10-12-26/h8-16,19,21,24-25,29,31,35-36H,3,7,17-18,20H2,1-2,4-6H3. The van der Waals surface area contributed by atoms with E-state index in [1.54, 1.807) is 0 Å². The summed E-state index contributed by atoms with van der Waals surface area (Å²) in [6, 6.07) is 21.0. The van der Waals surface area contributed by atoms with Gasteiger partial charge in [-0.25, -0.2) is 4.98 Å². The smallest absolute Gasteiger partial charge is 0.0895 e. The SMILES string of the molecule is C=C(CC1C(CC)CC(C)C1C(C)CNNC)c1nc(-c2ccc(-c3ccccc3)cc2)c(Cl)cc1C. The monoisotopic (exact) mass is 515 g/mol. The van der Waals surface area contributed by atoms with Crippen molar-refractivity contribution in [3.05, 3.63) is 83.5 Å². The lowest BCUT2D eigenvalue weighted by atomic mass is 9.75. The minimum absolute atomic E-state index is 0.592. The zero-order valence-electron chi connectivity index (χ0n) is 23.0. The average molecular weight is 516 g/mol. The lowest BCUT2D eigenvalue weighted by molar-refractivity contribution is 0.202. The molecular formula is C33H42ClN3. The third kappa shape index (κ3) is 6.17. The maximum absolute atomic E-state index is 6.74. The van der Waals surface area contributed by atoms with Crippen LogP contribution in [0, 0.1) is 36.5 Å². The van der Waals surface area contributed by atoms with Crippen molar-refractivity contribution in [3.8, 4) is 22.4 Å². The van der Waals surface area contributed by atoms with Gasteiger partial charge in [-0.2, -0.15) is 0 Å². The molecule has 196 valence electrons. The van der Waals surface area contributed by atoms with E-state index >= 15 is 0 Å². The van der Waals surface area contributed by atoms with Crippen molar-refractivity contribution in [1.82, 2.24) is 15.8 Å². The van der Waals surface area contributed by atoms with E-state index in [1.807, 2.05) is 13.1 Å². The van der Waals surface area contributed by atoms with Crippen LogP contribution in [-0.4, -0.2) is 18.6 Å². The van der Waals surface area contributed by atoms with Crippen molar-refractivity contribution in [3.63, 3.8) is 0 Å². The number of hydrogen-bond acceptors (Lipinski definition) is 3. The van der Waals surface area contributed by atoms with E-state index in [2.05, 4.69) is 99.7 Å². The van der Waals surface area contributed by atoms with Gasteiger partial charge in [0.25, 0.3) is 0 Å². The Morgan fingerprint density at radius 2 is 1.73 bits per heavy atom. The van der Waals surface area contributed by atoms with Crippen molar-refractivity contribution in [1.29, 1.82) is 0 Å². The van der Waals surface area contributed by atoms with Crippen molar-refractivity contribution in [2.45, 2.75) is 47.0 Å². The number of halogens is 1. The molecule has 1 fully saturated rings. The molecule has 4 heteroatoms. The second kappa shape index (κ2) is 12.4. The summed E-state index contributed by atoms with van der Waals surface area (Å²) >= 11 is 6.74. The third-order valence-electron chi connectivity index (χ3n) is 8.46. The van der Waals surface area contributed by atoms with Gasteiger partial charge in [0.2, 0.25) is 0 Å². The number of nitrogens with zero attached hydrogens (tertiary/aromatic N) is 1. The van der Waals surface area contributed by atoms with E-state index < -0.39 is 0 Å². The van der Waals surface area contributed by atoms with Gasteiger partial charge in [-0.3, -0.25) is 10.9 Å². The van der Waals surface area contributed by atoms with Gasteiger partial charge in [-0.15, -0.1) is 0 Å². The number of pyridine rings is 1. The fraction of sp³-hybridized carbons (Fsp3) is 0.424. The molecule has 2 aromatic carbocycles. The molecule has 1 saturated carbocycles. The Morgan fingerprint density at radius 3 is 2.38 bits per heavy atom. The highest BCUT2D eigenvalue weighted by Crippen LogP contribution is 2.50. The molecule has 37 heavy (non-hydrogen) atoms. The molecule has 1 aromatic heterocycles. The number of aryl methyl sites for hydroxylation is 1. The molecule has 3 aromatic rings. The van der Waals surface area contributed by atoms with Crippen molar-refractivity contribution in [2.75, 3.05) is 13.6 Å². The minimum Gasteiger partial charge on any atom is -0.261 e. The van der Waals surface area contributed by atoms with E-state index in [1.165, 1.54) is 24.0 Å². The fourth-order valence-electron chi connectivity index (χ4n) is 6.67. The quantitative estimate of drug-likeness (QED) is 0.266. The van der Waals surface area contributed by atoms with Gasteiger partial charge in [0.05, 0.1) is 16.4 Å². The van der Waals surface area contributed by atoms with Crippen molar-refractivity contribution < 1.29 is 0 Å². The topological polar surface area (TPSA) is 37.0 Å². The molecular weight excluding hydrogens is 474 g/mol. The number of rotatable bonds is 10. The highest BCUT2D eigenvalue weighted by molar-refractivity contribution is 6.33. The highest BCUT2D eigenvalue weighted by Gasteiger charge is 2.42. The summed E-state index contributed by atoms with van der Waals surface area (Å²) in [4.78, 5) is 5.12. The first kappa shape index (κ1) is 27.6. The van der Waals surface area contributed by atoms with Gasteiger partial charge >= 0.3 is 0 Å². The van der Waals surface area contributed by atoms with Crippen LogP contribution in [0.1, 0.15) is 51.3 Å². The molecule has 1 heterocycles.